The molecule has 1 heteroatoms. The van der Waals surface area contributed by atoms with E-state index in [1.165, 1.54) is 36.8 Å². The highest BCUT2D eigenvalue weighted by Gasteiger charge is 2.37. The fourth-order valence-electron chi connectivity index (χ4n) is 3.41. The van der Waals surface area contributed by atoms with Crippen molar-refractivity contribution in [2.45, 2.75) is 64.8 Å². The van der Waals surface area contributed by atoms with E-state index in [0.29, 0.717) is 5.41 Å². The number of aryl methyl sites for hydroxylation is 1. The average Bonchev–Trinajstić information content (AvgIpc) is 2.73. The molecule has 100 valence electrons. The number of nitrogens with one attached hydrogen (secondary N) is 1. The Hall–Kier alpha value is -0.820. The van der Waals surface area contributed by atoms with Crippen LogP contribution in [0.3, 0.4) is 0 Å². The Morgan fingerprint density at radius 1 is 1.33 bits per heavy atom. The Kier molecular flexibility index (Phi) is 4.11. The molecule has 0 spiro atoms. The van der Waals surface area contributed by atoms with Gasteiger partial charge in [0.1, 0.15) is 0 Å². The lowest BCUT2D eigenvalue weighted by Crippen LogP contribution is -2.29. The second kappa shape index (κ2) is 5.44. The summed E-state index contributed by atoms with van der Waals surface area (Å²) in [7, 11) is 0. The molecule has 1 aromatic carbocycles. The van der Waals surface area contributed by atoms with Crippen molar-refractivity contribution in [3.05, 3.63) is 34.9 Å². The molecule has 0 saturated heterocycles. The highest BCUT2D eigenvalue weighted by atomic mass is 14.9. The lowest BCUT2D eigenvalue weighted by molar-refractivity contribution is 0.451. The summed E-state index contributed by atoms with van der Waals surface area (Å²) in [5.74, 6) is 0. The summed E-state index contributed by atoms with van der Waals surface area (Å²) in [6, 6.07) is 7.50. The van der Waals surface area contributed by atoms with Gasteiger partial charge in [0, 0.05) is 6.04 Å². The van der Waals surface area contributed by atoms with Gasteiger partial charge in [0.2, 0.25) is 0 Å². The normalized spacial score (nSPS) is 27.7. The number of benzene rings is 1. The maximum Gasteiger partial charge on any atom is 0.00757 e. The van der Waals surface area contributed by atoms with Crippen LogP contribution in [-0.4, -0.2) is 12.6 Å². The predicted octanol–water partition coefficient (Wildman–Crippen LogP) is 4.11. The molecule has 1 fully saturated rings. The zero-order chi connectivity index (χ0) is 13.2. The zero-order valence-corrected chi connectivity index (χ0v) is 12.3. The molecule has 1 aliphatic carbocycles. The molecule has 0 aliphatic heterocycles. The van der Waals surface area contributed by atoms with Gasteiger partial charge in [0.25, 0.3) is 0 Å². The first-order chi connectivity index (χ1) is 8.57. The van der Waals surface area contributed by atoms with Crippen molar-refractivity contribution in [2.24, 2.45) is 0 Å². The van der Waals surface area contributed by atoms with E-state index in [-0.39, 0.29) is 0 Å². The van der Waals surface area contributed by atoms with Gasteiger partial charge in [-0.3, -0.25) is 0 Å². The third kappa shape index (κ3) is 2.61. The average molecular weight is 245 g/mol. The Labute approximate surface area is 112 Å². The molecule has 1 aliphatic rings. The maximum atomic E-state index is 3.69. The van der Waals surface area contributed by atoms with E-state index in [0.717, 1.165) is 12.6 Å². The topological polar surface area (TPSA) is 12.0 Å². The van der Waals surface area contributed by atoms with Crippen molar-refractivity contribution in [3.8, 4) is 0 Å². The van der Waals surface area contributed by atoms with Crippen LogP contribution in [0.1, 0.15) is 56.2 Å². The molecule has 18 heavy (non-hydrogen) atoms. The summed E-state index contributed by atoms with van der Waals surface area (Å²) in [4.78, 5) is 0. The van der Waals surface area contributed by atoms with Crippen LogP contribution < -0.4 is 5.32 Å². The van der Waals surface area contributed by atoms with Crippen LogP contribution >= 0.6 is 0 Å². The monoisotopic (exact) mass is 245 g/mol. The van der Waals surface area contributed by atoms with Gasteiger partial charge >= 0.3 is 0 Å². The molecule has 0 amide bonds. The first kappa shape index (κ1) is 13.6. The van der Waals surface area contributed by atoms with E-state index in [2.05, 4.69) is 51.2 Å². The summed E-state index contributed by atoms with van der Waals surface area (Å²) in [5.41, 5.74) is 4.87. The van der Waals surface area contributed by atoms with Crippen LogP contribution in [0.4, 0.5) is 0 Å². The van der Waals surface area contributed by atoms with E-state index in [4.69, 9.17) is 0 Å². The molecule has 1 nitrogen and oxygen atoms in total. The Morgan fingerprint density at radius 2 is 2.11 bits per heavy atom. The second-order valence-corrected chi connectivity index (χ2v) is 6.20. The van der Waals surface area contributed by atoms with E-state index < -0.39 is 0 Å². The van der Waals surface area contributed by atoms with Crippen LogP contribution in [-0.2, 0) is 5.41 Å². The van der Waals surface area contributed by atoms with Crippen molar-refractivity contribution < 1.29 is 0 Å². The molecule has 0 bridgehead atoms. The number of hydrogen-bond acceptors (Lipinski definition) is 1. The Bertz CT molecular complexity index is 410. The minimum atomic E-state index is 0.376. The number of rotatable bonds is 4. The minimum Gasteiger partial charge on any atom is -0.314 e. The third-order valence-corrected chi connectivity index (χ3v) is 4.68. The molecule has 2 atom stereocenters. The summed E-state index contributed by atoms with van der Waals surface area (Å²) in [6.45, 7) is 10.4. The van der Waals surface area contributed by atoms with Gasteiger partial charge in [-0.25, -0.2) is 0 Å². The van der Waals surface area contributed by atoms with Crippen molar-refractivity contribution in [1.82, 2.24) is 5.32 Å². The van der Waals surface area contributed by atoms with Gasteiger partial charge < -0.3 is 5.32 Å². The smallest absolute Gasteiger partial charge is 0.00757 e. The molecule has 0 heterocycles. The molecule has 1 N–H and O–H groups in total. The standard InChI is InChI=1S/C17H27N/c1-5-11-18-15-9-10-17(4,12-15)16-8-6-7-13(2)14(16)3/h6-8,15,18H,5,9-12H2,1-4H3. The van der Waals surface area contributed by atoms with Crippen LogP contribution in [0.5, 0.6) is 0 Å². The van der Waals surface area contributed by atoms with Crippen LogP contribution in [0.15, 0.2) is 18.2 Å². The van der Waals surface area contributed by atoms with E-state index in [9.17, 15) is 0 Å². The Morgan fingerprint density at radius 3 is 2.83 bits per heavy atom. The lowest BCUT2D eigenvalue weighted by Gasteiger charge is -2.28. The van der Waals surface area contributed by atoms with Crippen molar-refractivity contribution in [2.75, 3.05) is 6.54 Å². The molecule has 2 unspecified atom stereocenters. The molecule has 0 aromatic heterocycles. The molecule has 1 aromatic rings. The third-order valence-electron chi connectivity index (χ3n) is 4.68. The predicted molar refractivity (Wildman–Crippen MR) is 79.2 cm³/mol. The highest BCUT2D eigenvalue weighted by Crippen LogP contribution is 2.42. The summed E-state index contributed by atoms with van der Waals surface area (Å²) >= 11 is 0. The van der Waals surface area contributed by atoms with Gasteiger partial charge in [0.15, 0.2) is 0 Å². The highest BCUT2D eigenvalue weighted by molar-refractivity contribution is 5.39. The maximum absolute atomic E-state index is 3.69. The molecular formula is C17H27N. The van der Waals surface area contributed by atoms with Gasteiger partial charge in [-0.15, -0.1) is 0 Å². The molecule has 0 radical (unpaired) electrons. The first-order valence-corrected chi connectivity index (χ1v) is 7.37. The quantitative estimate of drug-likeness (QED) is 0.841. The van der Waals surface area contributed by atoms with Crippen molar-refractivity contribution in [1.29, 1.82) is 0 Å². The van der Waals surface area contributed by atoms with Crippen LogP contribution in [0.2, 0.25) is 0 Å². The molecular weight excluding hydrogens is 218 g/mol. The largest absolute Gasteiger partial charge is 0.314 e. The number of hydrogen-bond donors (Lipinski definition) is 1. The fourth-order valence-corrected chi connectivity index (χ4v) is 3.41. The molecule has 2 rings (SSSR count). The van der Waals surface area contributed by atoms with Crippen LogP contribution in [0, 0.1) is 13.8 Å². The van der Waals surface area contributed by atoms with E-state index in [1.54, 1.807) is 5.56 Å². The second-order valence-electron chi connectivity index (χ2n) is 6.20. The lowest BCUT2D eigenvalue weighted by atomic mass is 9.77. The SMILES string of the molecule is CCCNC1CCC(C)(c2cccc(C)c2C)C1. The zero-order valence-electron chi connectivity index (χ0n) is 12.3. The minimum absolute atomic E-state index is 0.376. The summed E-state index contributed by atoms with van der Waals surface area (Å²) in [5, 5.41) is 3.69. The van der Waals surface area contributed by atoms with Crippen LogP contribution in [0.25, 0.3) is 0 Å². The summed E-state index contributed by atoms with van der Waals surface area (Å²) in [6.07, 6.45) is 5.16. The van der Waals surface area contributed by atoms with Crippen molar-refractivity contribution in [3.63, 3.8) is 0 Å². The first-order valence-electron chi connectivity index (χ1n) is 7.37. The van der Waals surface area contributed by atoms with Gasteiger partial charge in [0.05, 0.1) is 0 Å². The van der Waals surface area contributed by atoms with Gasteiger partial charge in [-0.2, -0.15) is 0 Å². The fraction of sp³-hybridized carbons (Fsp3) is 0.647. The van der Waals surface area contributed by atoms with E-state index >= 15 is 0 Å². The van der Waals surface area contributed by atoms with E-state index in [1.807, 2.05) is 0 Å². The van der Waals surface area contributed by atoms with Crippen molar-refractivity contribution >= 4 is 0 Å². The molecule has 1 saturated carbocycles. The van der Waals surface area contributed by atoms with Gasteiger partial charge in [-0.1, -0.05) is 32.0 Å². The van der Waals surface area contributed by atoms with Gasteiger partial charge in [-0.05, 0) is 68.2 Å². The summed E-state index contributed by atoms with van der Waals surface area (Å²) < 4.78 is 0. The Balaban J connectivity index is 2.15.